The fourth-order valence-electron chi connectivity index (χ4n) is 2.45. The van der Waals surface area contributed by atoms with Crippen LogP contribution in [-0.4, -0.2) is 79.5 Å². The molecule has 1 rings (SSSR count). The number of likely N-dealkylation sites (N-methyl/N-ethyl adjacent to an activating group) is 1. The minimum absolute atomic E-state index is 0.185. The molecule has 0 radical (unpaired) electrons. The molecule has 0 saturated carbocycles. The van der Waals surface area contributed by atoms with Crippen LogP contribution < -0.4 is 0 Å². The second-order valence-corrected chi connectivity index (χ2v) is 7.07. The second-order valence-electron chi connectivity index (χ2n) is 5.14. The maximum absolute atomic E-state index is 12.3. The molecule has 0 spiro atoms. The SMILES string of the molecule is CCN(CC)S(=O)(=O)N1CC[C@](O)(CN(C)C)C1. The Morgan fingerprint density at radius 3 is 2.28 bits per heavy atom. The van der Waals surface area contributed by atoms with Crippen molar-refractivity contribution >= 4 is 10.2 Å². The van der Waals surface area contributed by atoms with Gasteiger partial charge in [0, 0.05) is 32.7 Å². The first-order valence-electron chi connectivity index (χ1n) is 6.37. The topological polar surface area (TPSA) is 64.1 Å². The maximum Gasteiger partial charge on any atom is 0.282 e. The van der Waals surface area contributed by atoms with E-state index in [1.807, 2.05) is 32.8 Å². The molecule has 0 unspecified atom stereocenters. The highest BCUT2D eigenvalue weighted by atomic mass is 32.2. The number of β-amino-alcohol motifs (C(OH)–C–C–N with tert-alkyl or cyclic N) is 1. The summed E-state index contributed by atoms with van der Waals surface area (Å²) in [6, 6.07) is 0. The Morgan fingerprint density at radius 2 is 1.83 bits per heavy atom. The molecule has 0 aromatic carbocycles. The predicted octanol–water partition coefficient (Wildman–Crippen LogP) is -0.429. The van der Waals surface area contributed by atoms with E-state index in [0.717, 1.165) is 0 Å². The van der Waals surface area contributed by atoms with Crippen LogP contribution in [0.4, 0.5) is 0 Å². The zero-order valence-corrected chi connectivity index (χ0v) is 12.6. The summed E-state index contributed by atoms with van der Waals surface area (Å²) in [6.45, 7) is 5.62. The lowest BCUT2D eigenvalue weighted by atomic mass is 10.0. The lowest BCUT2D eigenvalue weighted by Gasteiger charge is -2.28. The molecule has 0 aromatic heterocycles. The Hall–Kier alpha value is -0.210. The van der Waals surface area contributed by atoms with E-state index < -0.39 is 15.8 Å². The molecule has 0 bridgehead atoms. The first kappa shape index (κ1) is 15.8. The molecule has 1 fully saturated rings. The number of nitrogens with zero attached hydrogens (tertiary/aromatic N) is 3. The van der Waals surface area contributed by atoms with Crippen LogP contribution in [-0.2, 0) is 10.2 Å². The van der Waals surface area contributed by atoms with Crippen molar-refractivity contribution in [2.75, 3.05) is 46.8 Å². The Bertz CT molecular complexity index is 368. The van der Waals surface area contributed by atoms with Gasteiger partial charge in [0.1, 0.15) is 0 Å². The molecule has 1 aliphatic rings. The number of rotatable bonds is 6. The summed E-state index contributed by atoms with van der Waals surface area (Å²) in [5.41, 5.74) is -0.927. The summed E-state index contributed by atoms with van der Waals surface area (Å²) in [4.78, 5) is 1.88. The van der Waals surface area contributed by atoms with Crippen LogP contribution in [0.2, 0.25) is 0 Å². The largest absolute Gasteiger partial charge is 0.387 e. The van der Waals surface area contributed by atoms with Crippen molar-refractivity contribution in [3.05, 3.63) is 0 Å². The van der Waals surface area contributed by atoms with E-state index in [9.17, 15) is 13.5 Å². The quantitative estimate of drug-likeness (QED) is 0.717. The zero-order valence-electron chi connectivity index (χ0n) is 11.8. The van der Waals surface area contributed by atoms with Crippen LogP contribution in [0.3, 0.4) is 0 Å². The first-order valence-corrected chi connectivity index (χ1v) is 7.77. The fraction of sp³-hybridized carbons (Fsp3) is 1.00. The van der Waals surface area contributed by atoms with E-state index in [-0.39, 0.29) is 6.54 Å². The maximum atomic E-state index is 12.3. The fourth-order valence-corrected chi connectivity index (χ4v) is 4.15. The molecule has 18 heavy (non-hydrogen) atoms. The average molecular weight is 279 g/mol. The summed E-state index contributed by atoms with van der Waals surface area (Å²) in [5, 5.41) is 10.4. The molecule has 1 N–H and O–H groups in total. The number of hydrogen-bond acceptors (Lipinski definition) is 4. The van der Waals surface area contributed by atoms with Crippen LogP contribution in [0.15, 0.2) is 0 Å². The van der Waals surface area contributed by atoms with Gasteiger partial charge in [0.2, 0.25) is 0 Å². The van der Waals surface area contributed by atoms with Crippen molar-refractivity contribution < 1.29 is 13.5 Å². The smallest absolute Gasteiger partial charge is 0.282 e. The number of hydrogen-bond donors (Lipinski definition) is 1. The van der Waals surface area contributed by atoms with Gasteiger partial charge in [0.05, 0.1) is 5.60 Å². The van der Waals surface area contributed by atoms with Gasteiger partial charge in [-0.25, -0.2) is 0 Å². The number of aliphatic hydroxyl groups is 1. The highest BCUT2D eigenvalue weighted by molar-refractivity contribution is 7.86. The zero-order chi connectivity index (χ0) is 14.0. The Labute approximate surface area is 110 Å². The van der Waals surface area contributed by atoms with Gasteiger partial charge in [-0.05, 0) is 20.5 Å². The van der Waals surface area contributed by atoms with Crippen LogP contribution in [0.25, 0.3) is 0 Å². The third-order valence-corrected chi connectivity index (χ3v) is 5.40. The van der Waals surface area contributed by atoms with Gasteiger partial charge in [-0.3, -0.25) is 0 Å². The van der Waals surface area contributed by atoms with Crippen LogP contribution in [0.5, 0.6) is 0 Å². The van der Waals surface area contributed by atoms with Crippen molar-refractivity contribution in [1.29, 1.82) is 0 Å². The van der Waals surface area contributed by atoms with Gasteiger partial charge in [-0.2, -0.15) is 17.0 Å². The summed E-state index contributed by atoms with van der Waals surface area (Å²) in [7, 11) is 0.329. The Morgan fingerprint density at radius 1 is 1.28 bits per heavy atom. The van der Waals surface area contributed by atoms with Crippen molar-refractivity contribution in [3.63, 3.8) is 0 Å². The van der Waals surface area contributed by atoms with Crippen LogP contribution in [0.1, 0.15) is 20.3 Å². The molecule has 6 nitrogen and oxygen atoms in total. The molecule has 108 valence electrons. The van der Waals surface area contributed by atoms with E-state index in [1.165, 1.54) is 8.61 Å². The van der Waals surface area contributed by atoms with Crippen molar-refractivity contribution in [2.24, 2.45) is 0 Å². The van der Waals surface area contributed by atoms with E-state index >= 15 is 0 Å². The minimum atomic E-state index is -3.42. The Balaban J connectivity index is 2.77. The van der Waals surface area contributed by atoms with E-state index in [2.05, 4.69) is 0 Å². The van der Waals surface area contributed by atoms with E-state index in [4.69, 9.17) is 0 Å². The third-order valence-electron chi connectivity index (χ3n) is 3.27. The normalized spacial score (nSPS) is 26.4. The van der Waals surface area contributed by atoms with Gasteiger partial charge >= 0.3 is 0 Å². The molecule has 0 amide bonds. The van der Waals surface area contributed by atoms with Crippen molar-refractivity contribution in [3.8, 4) is 0 Å². The standard InChI is InChI=1S/C11H25N3O3S/c1-5-13(6-2)18(16,17)14-8-7-11(15,10-14)9-12(3)4/h15H,5-10H2,1-4H3/t11-/m0/s1. The summed E-state index contributed by atoms with van der Waals surface area (Å²) < 4.78 is 27.4. The molecule has 0 aliphatic carbocycles. The van der Waals surface area contributed by atoms with E-state index in [0.29, 0.717) is 32.6 Å². The molecular formula is C11H25N3O3S. The highest BCUT2D eigenvalue weighted by Crippen LogP contribution is 2.25. The molecular weight excluding hydrogens is 254 g/mol. The minimum Gasteiger partial charge on any atom is -0.387 e. The highest BCUT2D eigenvalue weighted by Gasteiger charge is 2.42. The summed E-state index contributed by atoms with van der Waals surface area (Å²) in [6.07, 6.45) is 0.492. The predicted molar refractivity (Wildman–Crippen MR) is 71.5 cm³/mol. The third kappa shape index (κ3) is 3.42. The van der Waals surface area contributed by atoms with Gasteiger partial charge < -0.3 is 10.0 Å². The Kier molecular flexibility index (Phi) is 5.13. The van der Waals surface area contributed by atoms with E-state index in [1.54, 1.807) is 0 Å². The summed E-state index contributed by atoms with van der Waals surface area (Å²) >= 11 is 0. The van der Waals surface area contributed by atoms with Crippen molar-refractivity contribution in [1.82, 2.24) is 13.5 Å². The lowest BCUT2D eigenvalue weighted by Crippen LogP contribution is -2.47. The van der Waals surface area contributed by atoms with Gasteiger partial charge in [0.25, 0.3) is 10.2 Å². The van der Waals surface area contributed by atoms with Gasteiger partial charge in [0.15, 0.2) is 0 Å². The molecule has 1 atom stereocenters. The van der Waals surface area contributed by atoms with Crippen molar-refractivity contribution in [2.45, 2.75) is 25.9 Å². The first-order chi connectivity index (χ1) is 8.25. The van der Waals surface area contributed by atoms with Gasteiger partial charge in [-0.15, -0.1) is 0 Å². The monoisotopic (exact) mass is 279 g/mol. The lowest BCUT2D eigenvalue weighted by molar-refractivity contribution is 0.0299. The molecule has 1 saturated heterocycles. The van der Waals surface area contributed by atoms with Crippen LogP contribution in [0, 0.1) is 0 Å². The summed E-state index contributed by atoms with van der Waals surface area (Å²) in [5.74, 6) is 0. The van der Waals surface area contributed by atoms with Gasteiger partial charge in [-0.1, -0.05) is 13.8 Å². The molecule has 0 aromatic rings. The second kappa shape index (κ2) is 5.83. The van der Waals surface area contributed by atoms with Crippen LogP contribution >= 0.6 is 0 Å². The average Bonchev–Trinajstić information content (AvgIpc) is 2.61. The molecule has 1 aliphatic heterocycles. The molecule has 7 heteroatoms. The molecule has 1 heterocycles.